The highest BCUT2D eigenvalue weighted by molar-refractivity contribution is 9.10. The maximum atomic E-state index is 11.1. The summed E-state index contributed by atoms with van der Waals surface area (Å²) in [4.78, 5) is 13.3. The monoisotopic (exact) mass is 311 g/mol. The van der Waals surface area contributed by atoms with E-state index in [0.29, 0.717) is 6.54 Å². The molecule has 4 heteroatoms. The van der Waals surface area contributed by atoms with Crippen LogP contribution in [0.15, 0.2) is 22.7 Å². The highest BCUT2D eigenvalue weighted by Gasteiger charge is 2.34. The molecule has 1 fully saturated rings. The number of carboxylic acids is 1. The Bertz CT molecular complexity index is 461. The zero-order valence-corrected chi connectivity index (χ0v) is 12.3. The molecule has 1 aliphatic rings. The first-order chi connectivity index (χ1) is 8.47. The Balaban J connectivity index is 2.03. The van der Waals surface area contributed by atoms with E-state index in [-0.39, 0.29) is 11.8 Å². The van der Waals surface area contributed by atoms with Crippen molar-refractivity contribution in [1.29, 1.82) is 0 Å². The summed E-state index contributed by atoms with van der Waals surface area (Å²) in [7, 11) is 0. The van der Waals surface area contributed by atoms with Gasteiger partial charge in [0.1, 0.15) is 0 Å². The van der Waals surface area contributed by atoms with E-state index in [1.54, 1.807) is 0 Å². The van der Waals surface area contributed by atoms with Crippen molar-refractivity contribution in [2.45, 2.75) is 20.4 Å². The molecule has 1 N–H and O–H groups in total. The maximum Gasteiger partial charge on any atom is 0.308 e. The van der Waals surface area contributed by atoms with Gasteiger partial charge in [-0.05, 0) is 30.0 Å². The summed E-state index contributed by atoms with van der Waals surface area (Å²) in [6, 6.07) is 6.30. The molecule has 1 heterocycles. The number of aliphatic carboxylic acids is 1. The second-order valence-corrected chi connectivity index (χ2v) is 6.05. The molecule has 0 bridgehead atoms. The van der Waals surface area contributed by atoms with Gasteiger partial charge in [0.25, 0.3) is 0 Å². The largest absolute Gasteiger partial charge is 0.481 e. The predicted octanol–water partition coefficient (Wildman–Crippen LogP) is 2.91. The number of hydrogen-bond donors (Lipinski definition) is 1. The predicted molar refractivity (Wildman–Crippen MR) is 74.4 cm³/mol. The summed E-state index contributed by atoms with van der Waals surface area (Å²) in [5.74, 6) is -0.655. The summed E-state index contributed by atoms with van der Waals surface area (Å²) < 4.78 is 1.12. The highest BCUT2D eigenvalue weighted by atomic mass is 79.9. The molecule has 2 atom stereocenters. The van der Waals surface area contributed by atoms with Crippen molar-refractivity contribution in [3.63, 3.8) is 0 Å². The average Bonchev–Trinajstić information content (AvgIpc) is 2.65. The topological polar surface area (TPSA) is 40.5 Å². The number of likely N-dealkylation sites (tertiary alicyclic amines) is 1. The molecule has 98 valence electrons. The van der Waals surface area contributed by atoms with Gasteiger partial charge in [0.05, 0.1) is 5.92 Å². The SMILES string of the molecule is Cc1cc(CN2CC(C)C(C(=O)O)C2)ccc1Br. The molecule has 3 nitrogen and oxygen atoms in total. The summed E-state index contributed by atoms with van der Waals surface area (Å²) in [6.45, 7) is 6.45. The molecular formula is C14H18BrNO2. The minimum Gasteiger partial charge on any atom is -0.481 e. The van der Waals surface area contributed by atoms with Crippen LogP contribution < -0.4 is 0 Å². The summed E-state index contributed by atoms with van der Waals surface area (Å²) in [6.07, 6.45) is 0. The van der Waals surface area contributed by atoms with Crippen LogP contribution in [0.3, 0.4) is 0 Å². The summed E-state index contributed by atoms with van der Waals surface area (Å²) >= 11 is 3.49. The Labute approximate surface area is 116 Å². The molecule has 0 spiro atoms. The van der Waals surface area contributed by atoms with Crippen LogP contribution in [0.2, 0.25) is 0 Å². The molecule has 0 aliphatic carbocycles. The molecule has 1 aromatic rings. The lowest BCUT2D eigenvalue weighted by atomic mass is 9.99. The number of nitrogens with zero attached hydrogens (tertiary/aromatic N) is 1. The van der Waals surface area contributed by atoms with Crippen LogP contribution in [0.1, 0.15) is 18.1 Å². The minimum absolute atomic E-state index is 0.221. The van der Waals surface area contributed by atoms with E-state index in [4.69, 9.17) is 5.11 Å². The highest BCUT2D eigenvalue weighted by Crippen LogP contribution is 2.25. The van der Waals surface area contributed by atoms with Crippen molar-refractivity contribution < 1.29 is 9.90 Å². The zero-order valence-electron chi connectivity index (χ0n) is 10.7. The van der Waals surface area contributed by atoms with Crippen molar-refractivity contribution in [1.82, 2.24) is 4.90 Å². The molecule has 1 aliphatic heterocycles. The quantitative estimate of drug-likeness (QED) is 0.933. The van der Waals surface area contributed by atoms with Gasteiger partial charge in [0.15, 0.2) is 0 Å². The number of carbonyl (C=O) groups is 1. The van der Waals surface area contributed by atoms with E-state index in [1.807, 2.05) is 6.92 Å². The van der Waals surface area contributed by atoms with Crippen molar-refractivity contribution in [3.05, 3.63) is 33.8 Å². The Kier molecular flexibility index (Phi) is 4.07. The maximum absolute atomic E-state index is 11.1. The lowest BCUT2D eigenvalue weighted by Crippen LogP contribution is -2.23. The van der Waals surface area contributed by atoms with Crippen LogP contribution in [0.25, 0.3) is 0 Å². The lowest BCUT2D eigenvalue weighted by Gasteiger charge is -2.15. The van der Waals surface area contributed by atoms with Gasteiger partial charge in [-0.15, -0.1) is 0 Å². The number of benzene rings is 1. The Morgan fingerprint density at radius 1 is 1.50 bits per heavy atom. The third-order valence-electron chi connectivity index (χ3n) is 3.63. The number of halogens is 1. The molecule has 0 saturated carbocycles. The standard InChI is InChI=1S/C14H18BrNO2/c1-9-5-11(3-4-13(9)15)7-16-6-10(2)12(8-16)14(17)18/h3-5,10,12H,6-8H2,1-2H3,(H,17,18). The Morgan fingerprint density at radius 2 is 2.22 bits per heavy atom. The molecule has 2 unspecified atom stereocenters. The molecule has 0 amide bonds. The van der Waals surface area contributed by atoms with Gasteiger partial charge in [-0.3, -0.25) is 9.69 Å². The van der Waals surface area contributed by atoms with Crippen LogP contribution in [0.5, 0.6) is 0 Å². The van der Waals surface area contributed by atoms with E-state index in [2.05, 4.69) is 46.0 Å². The van der Waals surface area contributed by atoms with Crippen LogP contribution >= 0.6 is 15.9 Å². The van der Waals surface area contributed by atoms with E-state index in [1.165, 1.54) is 11.1 Å². The fourth-order valence-corrected chi connectivity index (χ4v) is 2.83. The van der Waals surface area contributed by atoms with E-state index >= 15 is 0 Å². The first kappa shape index (κ1) is 13.6. The smallest absolute Gasteiger partial charge is 0.308 e. The van der Waals surface area contributed by atoms with E-state index in [0.717, 1.165) is 17.6 Å². The molecule has 2 rings (SSSR count). The van der Waals surface area contributed by atoms with Gasteiger partial charge >= 0.3 is 5.97 Å². The van der Waals surface area contributed by atoms with Crippen LogP contribution in [0.4, 0.5) is 0 Å². The minimum atomic E-state index is -0.669. The first-order valence-electron chi connectivity index (χ1n) is 6.17. The van der Waals surface area contributed by atoms with Gasteiger partial charge in [-0.1, -0.05) is 35.0 Å². The molecular weight excluding hydrogens is 294 g/mol. The summed E-state index contributed by atoms with van der Waals surface area (Å²) in [5, 5.41) is 9.12. The molecule has 18 heavy (non-hydrogen) atoms. The van der Waals surface area contributed by atoms with Crippen molar-refractivity contribution in [2.24, 2.45) is 11.8 Å². The summed E-state index contributed by atoms with van der Waals surface area (Å²) in [5.41, 5.74) is 2.46. The van der Waals surface area contributed by atoms with Gasteiger partial charge < -0.3 is 5.11 Å². The van der Waals surface area contributed by atoms with Crippen molar-refractivity contribution in [3.8, 4) is 0 Å². The fraction of sp³-hybridized carbons (Fsp3) is 0.500. The van der Waals surface area contributed by atoms with Crippen LogP contribution in [0, 0.1) is 18.8 Å². The number of aryl methyl sites for hydroxylation is 1. The van der Waals surface area contributed by atoms with Gasteiger partial charge in [0.2, 0.25) is 0 Å². The van der Waals surface area contributed by atoms with Crippen molar-refractivity contribution >= 4 is 21.9 Å². The lowest BCUT2D eigenvalue weighted by molar-refractivity contribution is -0.142. The number of carboxylic acid groups (broad SMARTS) is 1. The van der Waals surface area contributed by atoms with Gasteiger partial charge in [-0.25, -0.2) is 0 Å². The first-order valence-corrected chi connectivity index (χ1v) is 6.97. The van der Waals surface area contributed by atoms with E-state index < -0.39 is 5.97 Å². The molecule has 1 aromatic carbocycles. The molecule has 1 saturated heterocycles. The van der Waals surface area contributed by atoms with Crippen LogP contribution in [-0.2, 0) is 11.3 Å². The van der Waals surface area contributed by atoms with Crippen molar-refractivity contribution in [2.75, 3.05) is 13.1 Å². The molecule has 0 radical (unpaired) electrons. The van der Waals surface area contributed by atoms with Gasteiger partial charge in [-0.2, -0.15) is 0 Å². The normalized spacial score (nSPS) is 24.4. The van der Waals surface area contributed by atoms with Crippen LogP contribution in [-0.4, -0.2) is 29.1 Å². The average molecular weight is 312 g/mol. The Hall–Kier alpha value is -0.870. The fourth-order valence-electron chi connectivity index (χ4n) is 2.58. The second kappa shape index (κ2) is 5.41. The van der Waals surface area contributed by atoms with E-state index in [9.17, 15) is 4.79 Å². The second-order valence-electron chi connectivity index (χ2n) is 5.20. The zero-order chi connectivity index (χ0) is 13.3. The van der Waals surface area contributed by atoms with Gasteiger partial charge in [0, 0.05) is 24.1 Å². The number of rotatable bonds is 3. The third kappa shape index (κ3) is 2.93. The number of hydrogen-bond acceptors (Lipinski definition) is 2. The Morgan fingerprint density at radius 3 is 2.78 bits per heavy atom. The molecule has 0 aromatic heterocycles. The third-order valence-corrected chi connectivity index (χ3v) is 4.52.